The second-order valence-electron chi connectivity index (χ2n) is 7.06. The van der Waals surface area contributed by atoms with Crippen molar-refractivity contribution in [3.63, 3.8) is 0 Å². The van der Waals surface area contributed by atoms with Crippen LogP contribution in [0, 0.1) is 0 Å². The Bertz CT molecular complexity index is 1190. The summed E-state index contributed by atoms with van der Waals surface area (Å²) in [6.07, 6.45) is 2.69. The van der Waals surface area contributed by atoms with E-state index < -0.39 is 16.0 Å². The van der Waals surface area contributed by atoms with Crippen molar-refractivity contribution in [3.05, 3.63) is 64.9 Å². The van der Waals surface area contributed by atoms with Crippen molar-refractivity contribution in [1.29, 1.82) is 0 Å². The van der Waals surface area contributed by atoms with Gasteiger partial charge in [-0.3, -0.25) is 0 Å². The molecule has 4 rings (SSSR count). The minimum absolute atomic E-state index is 0.0735. The van der Waals surface area contributed by atoms with Crippen LogP contribution in [0.4, 0.5) is 0 Å². The highest BCUT2D eigenvalue weighted by molar-refractivity contribution is 7.89. The Hall–Kier alpha value is -2.75. The van der Waals surface area contributed by atoms with E-state index in [0.29, 0.717) is 23.7 Å². The van der Waals surface area contributed by atoms with Crippen LogP contribution in [0.3, 0.4) is 0 Å². The summed E-state index contributed by atoms with van der Waals surface area (Å²) in [6.45, 7) is 0.751. The van der Waals surface area contributed by atoms with Crippen LogP contribution < -0.4 is 0 Å². The monoisotopic (exact) mass is 461 g/mol. The van der Waals surface area contributed by atoms with Gasteiger partial charge in [-0.2, -0.15) is 9.29 Å². The summed E-state index contributed by atoms with van der Waals surface area (Å²) in [4.78, 5) is 16.7. The Kier molecular flexibility index (Phi) is 6.35. The van der Waals surface area contributed by atoms with Crippen molar-refractivity contribution < 1.29 is 22.5 Å². The van der Waals surface area contributed by atoms with E-state index in [-0.39, 0.29) is 28.8 Å². The summed E-state index contributed by atoms with van der Waals surface area (Å²) in [7, 11) is -3.64. The molecule has 1 fully saturated rings. The molecule has 0 aliphatic carbocycles. The van der Waals surface area contributed by atoms with Crippen molar-refractivity contribution in [2.75, 3.05) is 13.1 Å². The van der Waals surface area contributed by atoms with Crippen molar-refractivity contribution in [2.24, 2.45) is 0 Å². The first-order valence-corrected chi connectivity index (χ1v) is 11.6. The first-order chi connectivity index (χ1) is 14.9. The minimum Gasteiger partial charge on any atom is -0.454 e. The van der Waals surface area contributed by atoms with Crippen LogP contribution in [-0.4, -0.2) is 41.9 Å². The SMILES string of the molecule is O=C(OCc1noc(-c2ccccc2Cl)n1)c1cccc(S(=O)(=O)N2CCCCC2)c1. The molecule has 2 heterocycles. The maximum atomic E-state index is 12.8. The molecule has 1 aliphatic heterocycles. The van der Waals surface area contributed by atoms with Gasteiger partial charge in [-0.15, -0.1) is 0 Å². The highest BCUT2D eigenvalue weighted by Crippen LogP contribution is 2.26. The molecule has 0 bridgehead atoms. The van der Waals surface area contributed by atoms with Crippen LogP contribution >= 0.6 is 11.6 Å². The number of hydrogen-bond acceptors (Lipinski definition) is 7. The number of esters is 1. The molecule has 1 aliphatic rings. The minimum atomic E-state index is -3.64. The van der Waals surface area contributed by atoms with E-state index >= 15 is 0 Å². The number of nitrogens with zero attached hydrogens (tertiary/aromatic N) is 3. The molecule has 2 aromatic carbocycles. The molecular formula is C21H20ClN3O5S. The normalized spacial score (nSPS) is 15.0. The molecule has 0 amide bonds. The van der Waals surface area contributed by atoms with Crippen molar-refractivity contribution >= 4 is 27.6 Å². The van der Waals surface area contributed by atoms with Gasteiger partial charge in [0.15, 0.2) is 6.61 Å². The average molecular weight is 462 g/mol. The Morgan fingerprint density at radius 3 is 2.65 bits per heavy atom. The van der Waals surface area contributed by atoms with Crippen molar-refractivity contribution in [3.8, 4) is 11.5 Å². The smallest absolute Gasteiger partial charge is 0.338 e. The molecule has 10 heteroatoms. The van der Waals surface area contributed by atoms with Gasteiger partial charge in [0.05, 0.1) is 21.0 Å². The van der Waals surface area contributed by atoms with Crippen molar-refractivity contribution in [1.82, 2.24) is 14.4 Å². The van der Waals surface area contributed by atoms with E-state index in [1.54, 1.807) is 24.3 Å². The van der Waals surface area contributed by atoms with Crippen LogP contribution in [0.25, 0.3) is 11.5 Å². The molecule has 31 heavy (non-hydrogen) atoms. The van der Waals surface area contributed by atoms with Gasteiger partial charge in [-0.05, 0) is 43.2 Å². The second kappa shape index (κ2) is 9.17. The summed E-state index contributed by atoms with van der Waals surface area (Å²) in [6, 6.07) is 12.8. The van der Waals surface area contributed by atoms with Crippen LogP contribution in [0.15, 0.2) is 57.9 Å². The second-order valence-corrected chi connectivity index (χ2v) is 9.41. The zero-order valence-electron chi connectivity index (χ0n) is 16.5. The number of piperidine rings is 1. The molecule has 0 atom stereocenters. The predicted molar refractivity (Wildman–Crippen MR) is 113 cm³/mol. The Morgan fingerprint density at radius 1 is 1.10 bits per heavy atom. The van der Waals surface area contributed by atoms with E-state index in [4.69, 9.17) is 20.9 Å². The number of aromatic nitrogens is 2. The van der Waals surface area contributed by atoms with E-state index in [1.165, 1.54) is 28.6 Å². The Labute approximate surface area is 184 Å². The molecule has 0 radical (unpaired) electrons. The largest absolute Gasteiger partial charge is 0.454 e. The van der Waals surface area contributed by atoms with Crippen LogP contribution in [0.5, 0.6) is 0 Å². The fourth-order valence-electron chi connectivity index (χ4n) is 3.31. The van der Waals surface area contributed by atoms with Gasteiger partial charge in [-0.1, -0.05) is 41.4 Å². The molecule has 0 saturated carbocycles. The molecule has 162 valence electrons. The molecule has 0 spiro atoms. The number of hydrogen-bond donors (Lipinski definition) is 0. The number of rotatable bonds is 6. The quantitative estimate of drug-likeness (QED) is 0.512. The molecule has 1 saturated heterocycles. The van der Waals surface area contributed by atoms with Gasteiger partial charge in [0, 0.05) is 13.1 Å². The molecule has 1 aromatic heterocycles. The maximum absolute atomic E-state index is 12.8. The molecule has 0 unspecified atom stereocenters. The van der Waals surface area contributed by atoms with Crippen LogP contribution in [0.2, 0.25) is 5.02 Å². The number of benzene rings is 2. The Morgan fingerprint density at radius 2 is 1.87 bits per heavy atom. The topological polar surface area (TPSA) is 103 Å². The van der Waals surface area contributed by atoms with Gasteiger partial charge < -0.3 is 9.26 Å². The number of ether oxygens (including phenoxy) is 1. The average Bonchev–Trinajstić information content (AvgIpc) is 3.27. The first-order valence-electron chi connectivity index (χ1n) is 9.80. The summed E-state index contributed by atoms with van der Waals surface area (Å²) in [5.41, 5.74) is 0.706. The van der Waals surface area contributed by atoms with Crippen LogP contribution in [0.1, 0.15) is 35.4 Å². The third-order valence-electron chi connectivity index (χ3n) is 4.93. The lowest BCUT2D eigenvalue weighted by Gasteiger charge is -2.25. The van der Waals surface area contributed by atoms with Crippen molar-refractivity contribution in [2.45, 2.75) is 30.8 Å². The zero-order valence-corrected chi connectivity index (χ0v) is 18.1. The molecule has 0 N–H and O–H groups in total. The lowest BCUT2D eigenvalue weighted by molar-refractivity contribution is 0.0459. The highest BCUT2D eigenvalue weighted by atomic mass is 35.5. The van der Waals surface area contributed by atoms with Gasteiger partial charge in [0.1, 0.15) is 0 Å². The summed E-state index contributed by atoms with van der Waals surface area (Å²) in [5, 5.41) is 4.25. The predicted octanol–water partition coefficient (Wildman–Crippen LogP) is 3.92. The number of halogens is 1. The van der Waals surface area contributed by atoms with E-state index in [1.807, 2.05) is 0 Å². The number of sulfonamides is 1. The fraction of sp³-hybridized carbons (Fsp3) is 0.286. The van der Waals surface area contributed by atoms with E-state index in [2.05, 4.69) is 10.1 Å². The van der Waals surface area contributed by atoms with Gasteiger partial charge in [0.25, 0.3) is 5.89 Å². The van der Waals surface area contributed by atoms with E-state index in [0.717, 1.165) is 19.3 Å². The third-order valence-corrected chi connectivity index (χ3v) is 7.15. The van der Waals surface area contributed by atoms with Gasteiger partial charge in [-0.25, -0.2) is 13.2 Å². The maximum Gasteiger partial charge on any atom is 0.338 e. The fourth-order valence-corrected chi connectivity index (χ4v) is 5.09. The van der Waals surface area contributed by atoms with Gasteiger partial charge >= 0.3 is 5.97 Å². The standard InChI is InChI=1S/C21H20ClN3O5S/c22-18-10-3-2-9-17(18)20-23-19(24-30-20)14-29-21(26)15-7-6-8-16(13-15)31(27,28)25-11-4-1-5-12-25/h2-3,6-10,13H,1,4-5,11-12,14H2. The number of carbonyl (C=O) groups excluding carboxylic acids is 1. The van der Waals surface area contributed by atoms with Gasteiger partial charge in [0.2, 0.25) is 15.8 Å². The lowest BCUT2D eigenvalue weighted by atomic mass is 10.2. The molecule has 3 aromatic rings. The molecule has 8 nitrogen and oxygen atoms in total. The lowest BCUT2D eigenvalue weighted by Crippen LogP contribution is -2.35. The third kappa shape index (κ3) is 4.79. The summed E-state index contributed by atoms with van der Waals surface area (Å²) < 4.78 is 37.5. The highest BCUT2D eigenvalue weighted by Gasteiger charge is 2.26. The summed E-state index contributed by atoms with van der Waals surface area (Å²) >= 11 is 6.12. The molecular weight excluding hydrogens is 442 g/mol. The van der Waals surface area contributed by atoms with E-state index in [9.17, 15) is 13.2 Å². The zero-order chi connectivity index (χ0) is 21.8. The Balaban J connectivity index is 1.44. The van der Waals surface area contributed by atoms with Crippen LogP contribution in [-0.2, 0) is 21.4 Å². The first kappa shape index (κ1) is 21.5. The summed E-state index contributed by atoms with van der Waals surface area (Å²) in [5.74, 6) is -0.300. The number of carbonyl (C=O) groups is 1.